The Morgan fingerprint density at radius 3 is 2.67 bits per heavy atom. The second-order valence-corrected chi connectivity index (χ2v) is 4.87. The smallest absolute Gasteiger partial charge is 0.373 e. The van der Waals surface area contributed by atoms with E-state index in [-0.39, 0.29) is 17.8 Å². The third kappa shape index (κ3) is 2.14. The van der Waals surface area contributed by atoms with E-state index in [0.717, 1.165) is 32.1 Å². The molecule has 0 spiro atoms. The van der Waals surface area contributed by atoms with Gasteiger partial charge in [0.05, 0.1) is 6.61 Å². The summed E-state index contributed by atoms with van der Waals surface area (Å²) in [6.07, 6.45) is 5.28. The number of ether oxygens (including phenoxy) is 1. The molecule has 1 aliphatic rings. The number of methoxy groups -OCH3 is 1. The minimum absolute atomic E-state index is 0.0732. The van der Waals surface area contributed by atoms with Crippen LogP contribution in [0.15, 0.2) is 4.42 Å². The van der Waals surface area contributed by atoms with Crippen molar-refractivity contribution in [3.8, 4) is 0 Å². The second kappa shape index (κ2) is 5.10. The van der Waals surface area contributed by atoms with Crippen molar-refractivity contribution in [2.24, 2.45) is 0 Å². The van der Waals surface area contributed by atoms with Gasteiger partial charge in [-0.3, -0.25) is 0 Å². The molecule has 0 saturated heterocycles. The van der Waals surface area contributed by atoms with Gasteiger partial charge in [-0.15, -0.1) is 0 Å². The molecular formula is C13H19NO4. The van der Waals surface area contributed by atoms with Gasteiger partial charge in [-0.05, 0) is 19.3 Å². The summed E-state index contributed by atoms with van der Waals surface area (Å²) in [6, 6.07) is 0. The van der Waals surface area contributed by atoms with Gasteiger partial charge in [0, 0.05) is 12.5 Å². The summed E-state index contributed by atoms with van der Waals surface area (Å²) in [5.41, 5.74) is 0.315. The van der Waals surface area contributed by atoms with Gasteiger partial charge >= 0.3 is 5.97 Å². The van der Waals surface area contributed by atoms with Crippen molar-refractivity contribution in [1.29, 1.82) is 0 Å². The lowest BCUT2D eigenvalue weighted by atomic mass is 9.83. The number of carboxylic acids is 1. The molecule has 18 heavy (non-hydrogen) atoms. The molecule has 5 heteroatoms. The number of aromatic carboxylic acids is 1. The van der Waals surface area contributed by atoms with Gasteiger partial charge in [-0.1, -0.05) is 19.8 Å². The zero-order valence-corrected chi connectivity index (χ0v) is 10.9. The first kappa shape index (κ1) is 13.1. The first-order valence-corrected chi connectivity index (χ1v) is 6.35. The number of hydrogen-bond acceptors (Lipinski definition) is 4. The number of hydrogen-bond donors (Lipinski definition) is 1. The summed E-state index contributed by atoms with van der Waals surface area (Å²) in [5.74, 6) is -0.580. The van der Waals surface area contributed by atoms with Crippen molar-refractivity contribution in [3.05, 3.63) is 17.3 Å². The van der Waals surface area contributed by atoms with E-state index in [4.69, 9.17) is 14.3 Å². The van der Waals surface area contributed by atoms with Crippen molar-refractivity contribution in [2.45, 2.75) is 51.0 Å². The Morgan fingerprint density at radius 2 is 2.17 bits per heavy atom. The zero-order valence-electron chi connectivity index (χ0n) is 10.9. The Kier molecular flexibility index (Phi) is 3.71. The number of carboxylic acid groups (broad SMARTS) is 1. The quantitative estimate of drug-likeness (QED) is 0.873. The molecule has 1 aliphatic carbocycles. The van der Waals surface area contributed by atoms with Gasteiger partial charge in [0.2, 0.25) is 11.7 Å². The van der Waals surface area contributed by atoms with Gasteiger partial charge in [0.25, 0.3) is 0 Å². The molecule has 0 atom stereocenters. The van der Waals surface area contributed by atoms with Gasteiger partial charge < -0.3 is 14.3 Å². The van der Waals surface area contributed by atoms with Crippen LogP contribution < -0.4 is 0 Å². The molecule has 1 fully saturated rings. The van der Waals surface area contributed by atoms with Crippen LogP contribution in [0.3, 0.4) is 0 Å². The molecule has 0 unspecified atom stereocenters. The largest absolute Gasteiger partial charge is 0.475 e. The van der Waals surface area contributed by atoms with Crippen LogP contribution in [-0.2, 0) is 16.8 Å². The fraction of sp³-hybridized carbons (Fsp3) is 0.692. The summed E-state index contributed by atoms with van der Waals surface area (Å²) >= 11 is 0. The topological polar surface area (TPSA) is 72.6 Å². The van der Waals surface area contributed by atoms with Gasteiger partial charge in [0.1, 0.15) is 5.69 Å². The van der Waals surface area contributed by atoms with E-state index in [1.165, 1.54) is 7.11 Å². The molecule has 1 aromatic rings. The molecule has 1 aromatic heterocycles. The van der Waals surface area contributed by atoms with Crippen molar-refractivity contribution in [1.82, 2.24) is 4.98 Å². The van der Waals surface area contributed by atoms with Crippen molar-refractivity contribution < 1.29 is 19.1 Å². The van der Waals surface area contributed by atoms with E-state index in [0.29, 0.717) is 11.6 Å². The highest BCUT2D eigenvalue weighted by Crippen LogP contribution is 2.43. The van der Waals surface area contributed by atoms with Crippen molar-refractivity contribution in [3.63, 3.8) is 0 Å². The Balaban J connectivity index is 2.39. The Bertz CT molecular complexity index is 432. The standard InChI is InChI=1S/C13H19NO4/c1-3-13(6-4-5-7-13)12-14-9(8-17-2)10(18-12)11(15)16/h3-8H2,1-2H3,(H,15,16). The maximum Gasteiger partial charge on any atom is 0.373 e. The average molecular weight is 253 g/mol. The minimum Gasteiger partial charge on any atom is -0.475 e. The van der Waals surface area contributed by atoms with Crippen LogP contribution in [0.1, 0.15) is 61.2 Å². The molecule has 2 rings (SSSR count). The molecule has 0 aliphatic heterocycles. The minimum atomic E-state index is -1.08. The normalized spacial score (nSPS) is 18.1. The lowest BCUT2D eigenvalue weighted by Gasteiger charge is -2.22. The van der Waals surface area contributed by atoms with Crippen LogP contribution >= 0.6 is 0 Å². The molecule has 0 radical (unpaired) electrons. The highest BCUT2D eigenvalue weighted by Gasteiger charge is 2.39. The van der Waals surface area contributed by atoms with Gasteiger partial charge in [-0.25, -0.2) is 9.78 Å². The maximum atomic E-state index is 11.1. The second-order valence-electron chi connectivity index (χ2n) is 4.87. The van der Waals surface area contributed by atoms with E-state index in [9.17, 15) is 4.79 Å². The van der Waals surface area contributed by atoms with E-state index >= 15 is 0 Å². The maximum absolute atomic E-state index is 11.1. The SMILES string of the molecule is CCC1(c2nc(COC)c(C(=O)O)o2)CCCC1. The lowest BCUT2D eigenvalue weighted by Crippen LogP contribution is -2.21. The monoisotopic (exact) mass is 253 g/mol. The first-order valence-electron chi connectivity index (χ1n) is 6.35. The summed E-state index contributed by atoms with van der Waals surface area (Å²) < 4.78 is 10.5. The number of oxazole rings is 1. The molecule has 100 valence electrons. The summed E-state index contributed by atoms with van der Waals surface area (Å²) in [5, 5.41) is 9.12. The highest BCUT2D eigenvalue weighted by atomic mass is 16.5. The summed E-state index contributed by atoms with van der Waals surface area (Å²) in [6.45, 7) is 2.27. The molecule has 0 bridgehead atoms. The third-order valence-corrected chi connectivity index (χ3v) is 3.86. The summed E-state index contributed by atoms with van der Waals surface area (Å²) in [7, 11) is 1.52. The Hall–Kier alpha value is -1.36. The van der Waals surface area contributed by atoms with Crippen LogP contribution in [0.2, 0.25) is 0 Å². The molecule has 1 heterocycles. The number of carbonyl (C=O) groups is 1. The third-order valence-electron chi connectivity index (χ3n) is 3.86. The van der Waals surface area contributed by atoms with Gasteiger partial charge in [0.15, 0.2) is 0 Å². The predicted molar refractivity (Wildman–Crippen MR) is 64.6 cm³/mol. The number of aromatic nitrogens is 1. The lowest BCUT2D eigenvalue weighted by molar-refractivity contribution is 0.0650. The molecule has 5 nitrogen and oxygen atoms in total. The van der Waals surface area contributed by atoms with Crippen LogP contribution in [0.25, 0.3) is 0 Å². The van der Waals surface area contributed by atoms with E-state index in [1.54, 1.807) is 0 Å². The van der Waals surface area contributed by atoms with Crippen LogP contribution in [0, 0.1) is 0 Å². The van der Waals surface area contributed by atoms with Crippen molar-refractivity contribution in [2.75, 3.05) is 7.11 Å². The van der Waals surface area contributed by atoms with E-state index < -0.39 is 5.97 Å². The molecule has 1 N–H and O–H groups in total. The zero-order chi connectivity index (χ0) is 13.2. The molecule has 1 saturated carbocycles. The van der Waals surface area contributed by atoms with Gasteiger partial charge in [-0.2, -0.15) is 0 Å². The molecule has 0 amide bonds. The van der Waals surface area contributed by atoms with Crippen LogP contribution in [0.4, 0.5) is 0 Å². The first-order chi connectivity index (χ1) is 8.63. The highest BCUT2D eigenvalue weighted by molar-refractivity contribution is 5.85. The van der Waals surface area contributed by atoms with Crippen LogP contribution in [-0.4, -0.2) is 23.2 Å². The number of nitrogens with zero attached hydrogens (tertiary/aromatic N) is 1. The molecular weight excluding hydrogens is 234 g/mol. The fourth-order valence-corrected chi connectivity index (χ4v) is 2.75. The fourth-order valence-electron chi connectivity index (χ4n) is 2.75. The Morgan fingerprint density at radius 1 is 1.50 bits per heavy atom. The van der Waals surface area contributed by atoms with Crippen LogP contribution in [0.5, 0.6) is 0 Å². The van der Waals surface area contributed by atoms with E-state index in [1.807, 2.05) is 0 Å². The average Bonchev–Trinajstić information content (AvgIpc) is 2.95. The summed E-state index contributed by atoms with van der Waals surface area (Å²) in [4.78, 5) is 15.5. The number of rotatable bonds is 5. The molecule has 0 aromatic carbocycles. The van der Waals surface area contributed by atoms with Crippen molar-refractivity contribution >= 4 is 5.97 Å². The van der Waals surface area contributed by atoms with E-state index in [2.05, 4.69) is 11.9 Å². The predicted octanol–water partition coefficient (Wildman–Crippen LogP) is 2.74. The Labute approximate surface area is 106 Å².